The summed E-state index contributed by atoms with van der Waals surface area (Å²) in [4.78, 5) is 11.7. The highest BCUT2D eigenvalue weighted by Gasteiger charge is 2.39. The van der Waals surface area contributed by atoms with E-state index in [1.165, 1.54) is 25.7 Å². The number of ether oxygens (including phenoxy) is 1. The van der Waals surface area contributed by atoms with Crippen molar-refractivity contribution in [2.45, 2.75) is 31.7 Å². The van der Waals surface area contributed by atoms with Gasteiger partial charge in [0.05, 0.1) is 6.61 Å². The highest BCUT2D eigenvalue weighted by Crippen LogP contribution is 2.44. The molecule has 3 rings (SSSR count). The Kier molecular flexibility index (Phi) is 6.09. The van der Waals surface area contributed by atoms with Crippen LogP contribution in [-0.2, 0) is 4.74 Å². The quantitative estimate of drug-likeness (QED) is 0.462. The molecular weight excluding hydrogens is 336 g/mol. The molecule has 0 aromatic heterocycles. The van der Waals surface area contributed by atoms with E-state index in [1.54, 1.807) is 7.11 Å². The molecule has 0 unspecified atom stereocenters. The molecule has 2 aliphatic rings. The number of anilines is 2. The topological polar surface area (TPSA) is 74.4 Å². The first-order chi connectivity index (χ1) is 12.1. The summed E-state index contributed by atoms with van der Waals surface area (Å²) in [5.74, 6) is 1.68. The monoisotopic (exact) mass is 362 g/mol. The van der Waals surface area contributed by atoms with Crippen molar-refractivity contribution >= 4 is 34.7 Å². The van der Waals surface area contributed by atoms with Crippen LogP contribution in [0.2, 0.25) is 0 Å². The Bertz CT molecular complexity index is 608. The van der Waals surface area contributed by atoms with Gasteiger partial charge >= 0.3 is 6.03 Å². The minimum atomic E-state index is -0.244. The third-order valence-corrected chi connectivity index (χ3v) is 5.27. The van der Waals surface area contributed by atoms with Crippen molar-refractivity contribution in [2.24, 2.45) is 11.8 Å². The van der Waals surface area contributed by atoms with Gasteiger partial charge in [0.15, 0.2) is 5.11 Å². The first-order valence-electron chi connectivity index (χ1n) is 8.85. The summed E-state index contributed by atoms with van der Waals surface area (Å²) in [7, 11) is 1.60. The number of thiocarbonyl (C=S) groups is 1. The van der Waals surface area contributed by atoms with E-state index >= 15 is 0 Å². The maximum Gasteiger partial charge on any atom is 0.319 e. The van der Waals surface area contributed by atoms with Gasteiger partial charge in [0.25, 0.3) is 0 Å². The van der Waals surface area contributed by atoms with Crippen molar-refractivity contribution in [3.63, 3.8) is 0 Å². The van der Waals surface area contributed by atoms with Crippen molar-refractivity contribution in [3.8, 4) is 0 Å². The molecule has 25 heavy (non-hydrogen) atoms. The van der Waals surface area contributed by atoms with Gasteiger partial charge in [-0.3, -0.25) is 0 Å². The summed E-state index contributed by atoms with van der Waals surface area (Å²) < 4.78 is 4.89. The number of rotatable bonds is 6. The zero-order chi connectivity index (χ0) is 17.6. The third-order valence-electron chi connectivity index (χ3n) is 5.05. The number of methoxy groups -OCH3 is 1. The molecule has 2 saturated carbocycles. The van der Waals surface area contributed by atoms with Crippen LogP contribution in [-0.4, -0.2) is 37.4 Å². The van der Waals surface area contributed by atoms with E-state index in [-0.39, 0.29) is 6.03 Å². The molecule has 2 aliphatic carbocycles. The molecule has 3 atom stereocenters. The van der Waals surface area contributed by atoms with Gasteiger partial charge in [0.1, 0.15) is 0 Å². The van der Waals surface area contributed by atoms with Crippen LogP contribution in [0.15, 0.2) is 24.3 Å². The number of carbonyl (C=O) groups is 1. The average molecular weight is 362 g/mol. The largest absolute Gasteiger partial charge is 0.383 e. The Morgan fingerprint density at radius 1 is 1.16 bits per heavy atom. The fourth-order valence-corrected chi connectivity index (χ4v) is 4.11. The SMILES string of the molecule is COCCNC(=O)Nc1ccc(NC(=S)N[C@H]2C[C@H]3CC[C@H]2C3)cc1. The molecule has 2 amide bonds. The van der Waals surface area contributed by atoms with Crippen molar-refractivity contribution in [1.29, 1.82) is 0 Å². The summed E-state index contributed by atoms with van der Waals surface area (Å²) in [6, 6.07) is 7.78. The molecule has 4 N–H and O–H groups in total. The molecule has 0 saturated heterocycles. The number of hydrogen-bond acceptors (Lipinski definition) is 3. The summed E-state index contributed by atoms with van der Waals surface area (Å²) in [5, 5.41) is 12.9. The van der Waals surface area contributed by atoms with Gasteiger partial charge in [0.2, 0.25) is 0 Å². The third kappa shape index (κ3) is 5.06. The number of fused-ring (bicyclic) bond motifs is 2. The van der Waals surface area contributed by atoms with E-state index in [1.807, 2.05) is 24.3 Å². The Morgan fingerprint density at radius 3 is 2.48 bits per heavy atom. The van der Waals surface area contributed by atoms with Crippen LogP contribution in [0, 0.1) is 11.8 Å². The van der Waals surface area contributed by atoms with Gasteiger partial charge in [-0.05, 0) is 67.6 Å². The maximum absolute atomic E-state index is 11.7. The van der Waals surface area contributed by atoms with Crippen LogP contribution in [0.1, 0.15) is 25.7 Å². The second-order valence-electron chi connectivity index (χ2n) is 6.83. The Hall–Kier alpha value is -1.86. The Balaban J connectivity index is 1.42. The molecular formula is C18H26N4O2S. The highest BCUT2D eigenvalue weighted by molar-refractivity contribution is 7.80. The Labute approximate surface area is 154 Å². The van der Waals surface area contributed by atoms with Crippen molar-refractivity contribution in [3.05, 3.63) is 24.3 Å². The van der Waals surface area contributed by atoms with E-state index < -0.39 is 0 Å². The fourth-order valence-electron chi connectivity index (χ4n) is 3.84. The van der Waals surface area contributed by atoms with Crippen LogP contribution in [0.25, 0.3) is 0 Å². The highest BCUT2D eigenvalue weighted by atomic mass is 32.1. The summed E-state index contributed by atoms with van der Waals surface area (Å²) >= 11 is 5.44. The van der Waals surface area contributed by atoms with E-state index in [0.717, 1.165) is 23.2 Å². The number of urea groups is 1. The number of hydrogen-bond donors (Lipinski definition) is 4. The molecule has 2 bridgehead atoms. The summed E-state index contributed by atoms with van der Waals surface area (Å²) in [5.41, 5.74) is 1.64. The molecule has 136 valence electrons. The second-order valence-corrected chi connectivity index (χ2v) is 7.24. The number of carbonyl (C=O) groups excluding carboxylic acids is 1. The minimum absolute atomic E-state index is 0.244. The number of benzene rings is 1. The average Bonchev–Trinajstić information content (AvgIpc) is 3.20. The molecule has 0 radical (unpaired) electrons. The molecule has 6 nitrogen and oxygen atoms in total. The number of amides is 2. The first-order valence-corrected chi connectivity index (χ1v) is 9.26. The van der Waals surface area contributed by atoms with Crippen LogP contribution in [0.3, 0.4) is 0 Å². The summed E-state index contributed by atoms with van der Waals surface area (Å²) in [6.45, 7) is 0.967. The zero-order valence-electron chi connectivity index (χ0n) is 14.5. The lowest BCUT2D eigenvalue weighted by Crippen LogP contribution is -2.40. The van der Waals surface area contributed by atoms with Gasteiger partial charge in [0, 0.05) is 31.1 Å². The lowest BCUT2D eigenvalue weighted by molar-refractivity contribution is 0.198. The molecule has 2 fully saturated rings. The van der Waals surface area contributed by atoms with Gasteiger partial charge in [-0.2, -0.15) is 0 Å². The van der Waals surface area contributed by atoms with Gasteiger partial charge in [-0.25, -0.2) is 4.79 Å². The van der Waals surface area contributed by atoms with E-state index in [2.05, 4.69) is 21.3 Å². The first kappa shape index (κ1) is 17.9. The molecule has 1 aromatic rings. The second kappa shape index (κ2) is 8.49. The van der Waals surface area contributed by atoms with E-state index in [4.69, 9.17) is 17.0 Å². The van der Waals surface area contributed by atoms with E-state index in [0.29, 0.717) is 24.3 Å². The van der Waals surface area contributed by atoms with Gasteiger partial charge in [-0.1, -0.05) is 6.42 Å². The minimum Gasteiger partial charge on any atom is -0.383 e. The van der Waals surface area contributed by atoms with Crippen molar-refractivity contribution < 1.29 is 9.53 Å². The van der Waals surface area contributed by atoms with Crippen molar-refractivity contribution in [2.75, 3.05) is 30.9 Å². The lowest BCUT2D eigenvalue weighted by atomic mass is 9.96. The van der Waals surface area contributed by atoms with Gasteiger partial charge < -0.3 is 26.0 Å². The predicted octanol–water partition coefficient (Wildman–Crippen LogP) is 2.93. The summed E-state index contributed by atoms with van der Waals surface area (Å²) in [6.07, 6.45) is 5.31. The van der Waals surface area contributed by atoms with Crippen molar-refractivity contribution in [1.82, 2.24) is 10.6 Å². The van der Waals surface area contributed by atoms with Crippen LogP contribution in [0.5, 0.6) is 0 Å². The normalized spacial score (nSPS) is 24.0. The van der Waals surface area contributed by atoms with Crippen LogP contribution in [0.4, 0.5) is 16.2 Å². The lowest BCUT2D eigenvalue weighted by Gasteiger charge is -2.24. The van der Waals surface area contributed by atoms with E-state index in [9.17, 15) is 4.79 Å². The molecule has 0 aliphatic heterocycles. The Morgan fingerprint density at radius 2 is 1.88 bits per heavy atom. The molecule has 0 spiro atoms. The molecule has 1 aromatic carbocycles. The van der Waals surface area contributed by atoms with Gasteiger partial charge in [-0.15, -0.1) is 0 Å². The van der Waals surface area contributed by atoms with Crippen LogP contribution >= 0.6 is 12.2 Å². The predicted molar refractivity (Wildman–Crippen MR) is 104 cm³/mol. The zero-order valence-corrected chi connectivity index (χ0v) is 15.3. The maximum atomic E-state index is 11.7. The van der Waals surface area contributed by atoms with Crippen LogP contribution < -0.4 is 21.3 Å². The smallest absolute Gasteiger partial charge is 0.319 e. The molecule has 0 heterocycles. The number of nitrogens with one attached hydrogen (secondary N) is 4. The fraction of sp³-hybridized carbons (Fsp3) is 0.556. The molecule has 7 heteroatoms. The standard InChI is InChI=1S/C18H26N4O2S/c1-24-9-8-19-17(23)20-14-4-6-15(7-5-14)21-18(25)22-16-11-12-2-3-13(16)10-12/h4-7,12-13,16H,2-3,8-11H2,1H3,(H2,19,20,23)(H2,21,22,25)/t12-,13-,16-/m0/s1.